The topological polar surface area (TPSA) is 72.8 Å². The molecule has 0 heterocycles. The van der Waals surface area contributed by atoms with Crippen LogP contribution >= 0.6 is 0 Å². The molecular formula is C17H16O5. The highest BCUT2D eigenvalue weighted by Gasteiger charge is 2.11. The van der Waals surface area contributed by atoms with Crippen LogP contribution in [0.5, 0.6) is 11.5 Å². The molecule has 0 spiro atoms. The van der Waals surface area contributed by atoms with Gasteiger partial charge in [0.25, 0.3) is 0 Å². The number of rotatable bonds is 6. The third kappa shape index (κ3) is 4.09. The van der Waals surface area contributed by atoms with Crippen LogP contribution in [0.3, 0.4) is 0 Å². The maximum atomic E-state index is 12.1. The Morgan fingerprint density at radius 1 is 1.00 bits per heavy atom. The molecule has 0 bridgehead atoms. The number of carboxylic acid groups (broad SMARTS) is 1. The predicted molar refractivity (Wildman–Crippen MR) is 80.6 cm³/mol. The molecule has 114 valence electrons. The van der Waals surface area contributed by atoms with Crippen molar-refractivity contribution >= 4 is 11.9 Å². The van der Waals surface area contributed by atoms with Crippen LogP contribution in [0.1, 0.15) is 34.1 Å². The van der Waals surface area contributed by atoms with Crippen molar-refractivity contribution in [1.82, 2.24) is 0 Å². The quantitative estimate of drug-likeness (QED) is 0.654. The van der Waals surface area contributed by atoms with Gasteiger partial charge in [-0.15, -0.1) is 0 Å². The fourth-order valence-electron chi connectivity index (χ4n) is 1.79. The lowest BCUT2D eigenvalue weighted by Gasteiger charge is -2.08. The number of aromatic carboxylic acids is 1. The van der Waals surface area contributed by atoms with E-state index in [1.165, 1.54) is 24.3 Å². The molecule has 22 heavy (non-hydrogen) atoms. The van der Waals surface area contributed by atoms with Crippen LogP contribution in [0.25, 0.3) is 0 Å². The van der Waals surface area contributed by atoms with E-state index in [9.17, 15) is 9.59 Å². The molecule has 0 aromatic heterocycles. The number of carboxylic acids is 1. The van der Waals surface area contributed by atoms with Gasteiger partial charge >= 0.3 is 11.9 Å². The zero-order valence-corrected chi connectivity index (χ0v) is 12.1. The maximum Gasteiger partial charge on any atom is 0.343 e. The Hall–Kier alpha value is -2.82. The van der Waals surface area contributed by atoms with Crippen LogP contribution in [0, 0.1) is 0 Å². The van der Waals surface area contributed by atoms with Gasteiger partial charge in [0.05, 0.1) is 17.7 Å². The van der Waals surface area contributed by atoms with Crippen molar-refractivity contribution in [2.24, 2.45) is 0 Å². The molecule has 0 aliphatic carbocycles. The van der Waals surface area contributed by atoms with E-state index in [4.69, 9.17) is 14.6 Å². The summed E-state index contributed by atoms with van der Waals surface area (Å²) in [6.45, 7) is 2.56. The maximum absolute atomic E-state index is 12.1. The molecule has 0 unspecified atom stereocenters. The number of benzene rings is 2. The lowest BCUT2D eigenvalue weighted by molar-refractivity contribution is 0.0687. The molecule has 0 radical (unpaired) electrons. The summed E-state index contributed by atoms with van der Waals surface area (Å²) in [5.74, 6) is -0.863. The van der Waals surface area contributed by atoms with Crippen molar-refractivity contribution in [3.63, 3.8) is 0 Å². The number of ether oxygens (including phenoxy) is 2. The summed E-state index contributed by atoms with van der Waals surface area (Å²) in [6, 6.07) is 12.5. The van der Waals surface area contributed by atoms with E-state index in [0.717, 1.165) is 6.42 Å². The van der Waals surface area contributed by atoms with E-state index >= 15 is 0 Å². The Bertz CT molecular complexity index is 678. The number of hydrogen-bond acceptors (Lipinski definition) is 4. The Morgan fingerprint density at radius 3 is 2.32 bits per heavy atom. The van der Waals surface area contributed by atoms with Gasteiger partial charge in [-0.25, -0.2) is 9.59 Å². The number of esters is 1. The summed E-state index contributed by atoms with van der Waals surface area (Å²) < 4.78 is 10.7. The first-order valence-corrected chi connectivity index (χ1v) is 6.88. The summed E-state index contributed by atoms with van der Waals surface area (Å²) >= 11 is 0. The standard InChI is InChI=1S/C17H16O5/c1-2-9-21-14-7-4-6-13(11-14)17(20)22-15-8-3-5-12(10-15)16(18)19/h3-8,10-11H,2,9H2,1H3,(H,18,19). The van der Waals surface area contributed by atoms with Gasteiger partial charge in [-0.05, 0) is 42.8 Å². The number of carbonyl (C=O) groups excluding carboxylic acids is 1. The normalized spacial score (nSPS) is 10.0. The molecule has 2 aromatic carbocycles. The van der Waals surface area contributed by atoms with E-state index in [0.29, 0.717) is 17.9 Å². The minimum Gasteiger partial charge on any atom is -0.494 e. The minimum absolute atomic E-state index is 0.0605. The molecule has 0 fully saturated rings. The molecule has 0 saturated heterocycles. The largest absolute Gasteiger partial charge is 0.494 e. The van der Waals surface area contributed by atoms with Gasteiger partial charge in [0, 0.05) is 0 Å². The van der Waals surface area contributed by atoms with Gasteiger partial charge in [-0.2, -0.15) is 0 Å². The average Bonchev–Trinajstić information content (AvgIpc) is 2.53. The summed E-state index contributed by atoms with van der Waals surface area (Å²) in [6.07, 6.45) is 0.872. The summed E-state index contributed by atoms with van der Waals surface area (Å²) in [4.78, 5) is 23.0. The first-order chi connectivity index (χ1) is 10.6. The molecule has 2 rings (SSSR count). The van der Waals surface area contributed by atoms with Crippen molar-refractivity contribution in [1.29, 1.82) is 0 Å². The van der Waals surface area contributed by atoms with Crippen molar-refractivity contribution in [2.45, 2.75) is 13.3 Å². The zero-order chi connectivity index (χ0) is 15.9. The molecular weight excluding hydrogens is 284 g/mol. The molecule has 2 aromatic rings. The van der Waals surface area contributed by atoms with Crippen LogP contribution < -0.4 is 9.47 Å². The second kappa shape index (κ2) is 7.26. The first-order valence-electron chi connectivity index (χ1n) is 6.88. The van der Waals surface area contributed by atoms with Crippen LogP contribution in [0.15, 0.2) is 48.5 Å². The Kier molecular flexibility index (Phi) is 5.14. The van der Waals surface area contributed by atoms with Gasteiger partial charge in [0.15, 0.2) is 0 Å². The first kappa shape index (κ1) is 15.6. The molecule has 5 heteroatoms. The lowest BCUT2D eigenvalue weighted by Crippen LogP contribution is -2.09. The van der Waals surface area contributed by atoms with Crippen LogP contribution in [0.2, 0.25) is 0 Å². The van der Waals surface area contributed by atoms with Gasteiger partial charge < -0.3 is 14.6 Å². The predicted octanol–water partition coefficient (Wildman–Crippen LogP) is 3.39. The monoisotopic (exact) mass is 300 g/mol. The Morgan fingerprint density at radius 2 is 1.64 bits per heavy atom. The molecule has 1 N–H and O–H groups in total. The fourth-order valence-corrected chi connectivity index (χ4v) is 1.79. The van der Waals surface area contributed by atoms with E-state index in [-0.39, 0.29) is 11.3 Å². The van der Waals surface area contributed by atoms with Crippen molar-refractivity contribution in [3.05, 3.63) is 59.7 Å². The molecule has 0 aliphatic heterocycles. The van der Waals surface area contributed by atoms with E-state index in [1.54, 1.807) is 24.3 Å². The lowest BCUT2D eigenvalue weighted by atomic mass is 10.2. The highest BCUT2D eigenvalue weighted by molar-refractivity contribution is 5.92. The third-order valence-corrected chi connectivity index (χ3v) is 2.83. The summed E-state index contributed by atoms with van der Waals surface area (Å²) in [5.41, 5.74) is 0.402. The zero-order valence-electron chi connectivity index (χ0n) is 12.1. The van der Waals surface area contributed by atoms with Gasteiger partial charge in [-0.1, -0.05) is 19.1 Å². The van der Waals surface area contributed by atoms with E-state index in [2.05, 4.69) is 0 Å². The molecule has 0 aliphatic rings. The summed E-state index contributed by atoms with van der Waals surface area (Å²) in [5, 5.41) is 8.92. The SMILES string of the molecule is CCCOc1cccc(C(=O)Oc2cccc(C(=O)O)c2)c1. The number of carbonyl (C=O) groups is 2. The van der Waals surface area contributed by atoms with Crippen LogP contribution in [0.4, 0.5) is 0 Å². The Balaban J connectivity index is 2.12. The summed E-state index contributed by atoms with van der Waals surface area (Å²) in [7, 11) is 0. The Labute approximate surface area is 128 Å². The molecule has 0 atom stereocenters. The second-order valence-corrected chi connectivity index (χ2v) is 4.60. The molecule has 5 nitrogen and oxygen atoms in total. The van der Waals surface area contributed by atoms with Crippen molar-refractivity contribution < 1.29 is 24.2 Å². The van der Waals surface area contributed by atoms with Gasteiger partial charge in [0.1, 0.15) is 11.5 Å². The molecule has 0 amide bonds. The van der Waals surface area contributed by atoms with Crippen LogP contribution in [-0.2, 0) is 0 Å². The molecule has 0 saturated carbocycles. The van der Waals surface area contributed by atoms with Crippen molar-refractivity contribution in [2.75, 3.05) is 6.61 Å². The van der Waals surface area contributed by atoms with E-state index in [1.807, 2.05) is 6.92 Å². The fraction of sp³-hybridized carbons (Fsp3) is 0.176. The van der Waals surface area contributed by atoms with Crippen LogP contribution in [-0.4, -0.2) is 23.7 Å². The number of hydrogen-bond donors (Lipinski definition) is 1. The highest BCUT2D eigenvalue weighted by Crippen LogP contribution is 2.18. The third-order valence-electron chi connectivity index (χ3n) is 2.83. The minimum atomic E-state index is -1.08. The average molecular weight is 300 g/mol. The van der Waals surface area contributed by atoms with Gasteiger partial charge in [-0.3, -0.25) is 0 Å². The van der Waals surface area contributed by atoms with Crippen molar-refractivity contribution in [3.8, 4) is 11.5 Å². The van der Waals surface area contributed by atoms with Gasteiger partial charge in [0.2, 0.25) is 0 Å². The smallest absolute Gasteiger partial charge is 0.343 e. The van der Waals surface area contributed by atoms with E-state index < -0.39 is 11.9 Å². The second-order valence-electron chi connectivity index (χ2n) is 4.60. The highest BCUT2D eigenvalue weighted by atomic mass is 16.5.